The van der Waals surface area contributed by atoms with Crippen molar-refractivity contribution >= 4 is 14.5 Å². The third kappa shape index (κ3) is 4.60. The second kappa shape index (κ2) is 10.6. The third-order valence-corrected chi connectivity index (χ3v) is 12.3. The summed E-state index contributed by atoms with van der Waals surface area (Å²) < 4.78 is 19.5. The van der Waals surface area contributed by atoms with Gasteiger partial charge in [-0.15, -0.1) is 0 Å². The highest BCUT2D eigenvalue weighted by molar-refractivity contribution is 7.47. The molecule has 212 valence electrons. The molecular weight excluding hydrogens is 507 g/mol. The summed E-state index contributed by atoms with van der Waals surface area (Å²) in [4.78, 5) is 0. The summed E-state index contributed by atoms with van der Waals surface area (Å²) in [5.74, 6) is 3.20. The summed E-state index contributed by atoms with van der Waals surface area (Å²) in [5, 5.41) is 16.5. The van der Waals surface area contributed by atoms with Gasteiger partial charge in [-0.1, -0.05) is 32.4 Å². The van der Waals surface area contributed by atoms with Gasteiger partial charge in [-0.05, 0) is 111 Å². The lowest BCUT2D eigenvalue weighted by Crippen LogP contribution is -2.56. The van der Waals surface area contributed by atoms with E-state index in [2.05, 4.69) is 43.7 Å². The summed E-state index contributed by atoms with van der Waals surface area (Å²) in [6, 6.07) is 8.13. The lowest BCUT2D eigenvalue weighted by atomic mass is 9.46. The molecule has 3 saturated carbocycles. The zero-order chi connectivity index (χ0) is 27.4. The van der Waals surface area contributed by atoms with Gasteiger partial charge >= 0.3 is 0 Å². The molecular formula is C32H45N2O4P. The van der Waals surface area contributed by atoms with Crippen LogP contribution in [0.15, 0.2) is 36.0 Å². The molecule has 39 heavy (non-hydrogen) atoms. The van der Waals surface area contributed by atoms with E-state index >= 15 is 0 Å². The number of hydrogen-bond donors (Lipinski definition) is 1. The second-order valence-corrected chi connectivity index (χ2v) is 14.2. The molecule has 0 saturated heterocycles. The maximum absolute atomic E-state index is 11.7. The van der Waals surface area contributed by atoms with Crippen molar-refractivity contribution < 1.29 is 18.9 Å². The van der Waals surface area contributed by atoms with E-state index in [0.717, 1.165) is 36.6 Å². The van der Waals surface area contributed by atoms with Gasteiger partial charge in [0.1, 0.15) is 5.75 Å². The van der Waals surface area contributed by atoms with Crippen LogP contribution >= 0.6 is 8.38 Å². The molecule has 4 aliphatic carbocycles. The lowest BCUT2D eigenvalue weighted by molar-refractivity contribution is -0.123. The predicted molar refractivity (Wildman–Crippen MR) is 156 cm³/mol. The van der Waals surface area contributed by atoms with E-state index in [9.17, 15) is 5.11 Å². The van der Waals surface area contributed by atoms with Gasteiger partial charge in [0.2, 0.25) is 8.38 Å². The summed E-state index contributed by atoms with van der Waals surface area (Å²) >= 11 is 0. The van der Waals surface area contributed by atoms with E-state index in [1.54, 1.807) is 0 Å². The number of aliphatic hydroxyl groups is 1. The average molecular weight is 553 g/mol. The molecule has 0 amide bonds. The lowest BCUT2D eigenvalue weighted by Gasteiger charge is -2.59. The number of aromatic nitrogens is 2. The van der Waals surface area contributed by atoms with Crippen LogP contribution in [0.3, 0.4) is 0 Å². The van der Waals surface area contributed by atoms with Crippen LogP contribution in [-0.4, -0.2) is 40.6 Å². The second-order valence-electron chi connectivity index (χ2n) is 12.8. The Morgan fingerprint density at radius 2 is 1.92 bits per heavy atom. The molecule has 2 aromatic rings. The molecule has 1 heterocycles. The van der Waals surface area contributed by atoms with Crippen LogP contribution in [0, 0.1) is 34.5 Å². The van der Waals surface area contributed by atoms with Crippen LogP contribution in [0.2, 0.25) is 0 Å². The Morgan fingerprint density at radius 3 is 2.69 bits per heavy atom. The highest BCUT2D eigenvalue weighted by atomic mass is 31.2. The van der Waals surface area contributed by atoms with Crippen molar-refractivity contribution in [2.75, 3.05) is 19.6 Å². The number of nitrogens with zero attached hydrogens (tertiary/aromatic N) is 2. The summed E-state index contributed by atoms with van der Waals surface area (Å²) in [6.07, 6.45) is 11.5. The summed E-state index contributed by atoms with van der Waals surface area (Å²) in [7, 11) is -1.06. The Bertz CT molecular complexity index is 1220. The summed E-state index contributed by atoms with van der Waals surface area (Å²) in [5.41, 5.74) is 5.24. The topological polar surface area (TPSA) is 65.7 Å². The van der Waals surface area contributed by atoms with Gasteiger partial charge in [-0.25, -0.2) is 4.68 Å². The largest absolute Gasteiger partial charge is 0.484 e. The van der Waals surface area contributed by atoms with Gasteiger partial charge in [0.25, 0.3) is 0 Å². The number of hydrogen-bond acceptors (Lipinski definition) is 5. The SMILES string of the molecule is CCOP(COc1cccc(-n2ncc3c2C=C2CCC4C(C(O)CC5(C)C(C)CCC45)C2(C)C3)c1)OCC. The Kier molecular flexibility index (Phi) is 7.46. The van der Waals surface area contributed by atoms with Crippen molar-refractivity contribution in [1.82, 2.24) is 9.78 Å². The molecule has 0 spiro atoms. The van der Waals surface area contributed by atoms with Crippen molar-refractivity contribution in [3.63, 3.8) is 0 Å². The normalized spacial score (nSPS) is 35.2. The minimum absolute atomic E-state index is 0.00293. The Hall–Kier alpha value is -1.72. The van der Waals surface area contributed by atoms with Gasteiger partial charge < -0.3 is 18.9 Å². The molecule has 3 fully saturated rings. The fourth-order valence-corrected chi connectivity index (χ4v) is 9.93. The van der Waals surface area contributed by atoms with E-state index in [1.165, 1.54) is 36.1 Å². The standard InChI is InChI=1S/C32H45N2O4P/c1-6-37-39(38-7-2)20-36-25-10-8-9-24(16-25)34-28-15-23-12-13-26-27-14-11-21(3)31(27,4)18-29(35)30(26)32(23,5)17-22(28)19-33-34/h8-10,15-16,19,21,26-27,29-30,35H,6-7,11-14,17-18,20H2,1-5H3. The molecule has 0 aliphatic heterocycles. The third-order valence-electron chi connectivity index (χ3n) is 10.8. The molecule has 6 nitrogen and oxygen atoms in total. The van der Waals surface area contributed by atoms with E-state index in [0.29, 0.717) is 42.7 Å². The first kappa shape index (κ1) is 27.4. The van der Waals surface area contributed by atoms with Crippen LogP contribution in [0.5, 0.6) is 5.75 Å². The zero-order valence-corrected chi connectivity index (χ0v) is 25.1. The Morgan fingerprint density at radius 1 is 1.13 bits per heavy atom. The number of rotatable bonds is 8. The fraction of sp³-hybridized carbons (Fsp3) is 0.656. The van der Waals surface area contributed by atoms with Crippen molar-refractivity contribution in [3.8, 4) is 11.4 Å². The monoisotopic (exact) mass is 552 g/mol. The van der Waals surface area contributed by atoms with Crippen molar-refractivity contribution in [3.05, 3.63) is 47.3 Å². The van der Waals surface area contributed by atoms with Crippen LogP contribution in [0.4, 0.5) is 0 Å². The molecule has 6 rings (SSSR count). The number of ether oxygens (including phenoxy) is 1. The van der Waals surface area contributed by atoms with E-state index in [1.807, 2.05) is 32.2 Å². The first-order valence-corrected chi connectivity index (χ1v) is 16.4. The minimum Gasteiger partial charge on any atom is -0.484 e. The van der Waals surface area contributed by atoms with Gasteiger partial charge in [-0.2, -0.15) is 5.10 Å². The van der Waals surface area contributed by atoms with Crippen LogP contribution < -0.4 is 4.74 Å². The highest BCUT2D eigenvalue weighted by Crippen LogP contribution is 2.66. The van der Waals surface area contributed by atoms with Crippen molar-refractivity contribution in [1.29, 1.82) is 0 Å². The smallest absolute Gasteiger partial charge is 0.211 e. The molecule has 7 heteroatoms. The molecule has 1 N–H and O–H groups in total. The highest BCUT2D eigenvalue weighted by Gasteiger charge is 2.61. The summed E-state index contributed by atoms with van der Waals surface area (Å²) in [6.45, 7) is 12.5. The maximum atomic E-state index is 11.7. The molecule has 1 aromatic carbocycles. The van der Waals surface area contributed by atoms with Gasteiger partial charge in [0, 0.05) is 6.07 Å². The molecule has 0 radical (unpaired) electrons. The first-order chi connectivity index (χ1) is 18.8. The molecule has 1 aromatic heterocycles. The van der Waals surface area contributed by atoms with E-state index in [-0.39, 0.29) is 11.5 Å². The van der Waals surface area contributed by atoms with Crippen molar-refractivity contribution in [2.24, 2.45) is 34.5 Å². The van der Waals surface area contributed by atoms with Crippen molar-refractivity contribution in [2.45, 2.75) is 79.2 Å². The Balaban J connectivity index is 1.25. The van der Waals surface area contributed by atoms with Crippen LogP contribution in [0.1, 0.15) is 78.0 Å². The number of allylic oxidation sites excluding steroid dienone is 1. The van der Waals surface area contributed by atoms with E-state index < -0.39 is 8.38 Å². The molecule has 0 bridgehead atoms. The fourth-order valence-electron chi connectivity index (χ4n) is 8.87. The van der Waals surface area contributed by atoms with Gasteiger partial charge in [-0.3, -0.25) is 0 Å². The predicted octanol–water partition coefficient (Wildman–Crippen LogP) is 7.38. The van der Waals surface area contributed by atoms with Gasteiger partial charge in [0.15, 0.2) is 6.35 Å². The molecule has 7 unspecified atom stereocenters. The van der Waals surface area contributed by atoms with Crippen LogP contribution in [0.25, 0.3) is 11.8 Å². The Labute approximate surface area is 235 Å². The minimum atomic E-state index is -1.06. The zero-order valence-electron chi connectivity index (χ0n) is 24.2. The van der Waals surface area contributed by atoms with Gasteiger partial charge in [0.05, 0.1) is 36.9 Å². The quantitative estimate of drug-likeness (QED) is 0.346. The molecule has 4 aliphatic rings. The maximum Gasteiger partial charge on any atom is 0.211 e. The number of aliphatic hydroxyl groups excluding tert-OH is 1. The van der Waals surface area contributed by atoms with Crippen LogP contribution in [-0.2, 0) is 15.5 Å². The van der Waals surface area contributed by atoms with E-state index in [4.69, 9.17) is 18.9 Å². The first-order valence-electron chi connectivity index (χ1n) is 15.0. The molecule has 7 atom stereocenters. The average Bonchev–Trinajstić information content (AvgIpc) is 3.45. The number of benzene rings is 1. The number of fused-ring (bicyclic) bond motifs is 6.